The summed E-state index contributed by atoms with van der Waals surface area (Å²) >= 11 is 9.29. The smallest absolute Gasteiger partial charge is 0.267 e. The highest BCUT2D eigenvalue weighted by atomic mass is 35.5. The number of thiazole rings is 1. The van der Waals surface area contributed by atoms with Crippen LogP contribution in [0.3, 0.4) is 0 Å². The predicted octanol–water partition coefficient (Wildman–Crippen LogP) is 5.10. The lowest BCUT2D eigenvalue weighted by Gasteiger charge is -2.10. The van der Waals surface area contributed by atoms with Gasteiger partial charge < -0.3 is 0 Å². The van der Waals surface area contributed by atoms with Crippen molar-refractivity contribution in [2.75, 3.05) is 0 Å². The van der Waals surface area contributed by atoms with Gasteiger partial charge in [-0.1, -0.05) is 65.8 Å². The van der Waals surface area contributed by atoms with Gasteiger partial charge in [-0.3, -0.25) is 9.36 Å². The summed E-state index contributed by atoms with van der Waals surface area (Å²) in [5.74, 6) is 0.804. The fourth-order valence-electron chi connectivity index (χ4n) is 2.66. The topological polar surface area (TPSA) is 47.8 Å². The van der Waals surface area contributed by atoms with Crippen molar-refractivity contribution in [3.05, 3.63) is 81.4 Å². The van der Waals surface area contributed by atoms with E-state index in [0.717, 1.165) is 15.7 Å². The van der Waals surface area contributed by atoms with Crippen molar-refractivity contribution in [2.24, 2.45) is 0 Å². The summed E-state index contributed by atoms with van der Waals surface area (Å²) in [6.07, 6.45) is 1.50. The van der Waals surface area contributed by atoms with Crippen LogP contribution in [0.5, 0.6) is 0 Å². The first-order chi connectivity index (χ1) is 12.6. The lowest BCUT2D eigenvalue weighted by molar-refractivity contribution is 0.950. The van der Waals surface area contributed by atoms with Crippen LogP contribution >= 0.6 is 34.7 Å². The van der Waals surface area contributed by atoms with Crippen LogP contribution in [0.15, 0.2) is 64.0 Å². The maximum atomic E-state index is 12.9. The van der Waals surface area contributed by atoms with Crippen LogP contribution in [0.25, 0.3) is 16.0 Å². The second-order valence-corrected chi connectivity index (χ2v) is 8.36. The van der Waals surface area contributed by atoms with E-state index in [-0.39, 0.29) is 5.56 Å². The molecule has 0 fully saturated rings. The van der Waals surface area contributed by atoms with Crippen LogP contribution in [-0.4, -0.2) is 14.5 Å². The van der Waals surface area contributed by atoms with Crippen molar-refractivity contribution >= 4 is 45.0 Å². The lowest BCUT2D eigenvalue weighted by Crippen LogP contribution is -2.19. The molecule has 2 aromatic heterocycles. The molecule has 0 aliphatic carbocycles. The highest BCUT2D eigenvalue weighted by Crippen LogP contribution is 2.30. The number of benzene rings is 2. The molecule has 26 heavy (non-hydrogen) atoms. The van der Waals surface area contributed by atoms with Crippen LogP contribution in [-0.2, 0) is 5.75 Å². The number of aromatic nitrogens is 3. The first kappa shape index (κ1) is 17.3. The summed E-state index contributed by atoms with van der Waals surface area (Å²) in [5.41, 5.74) is 3.14. The van der Waals surface area contributed by atoms with Gasteiger partial charge in [-0.05, 0) is 24.1 Å². The number of halogens is 1. The zero-order valence-corrected chi connectivity index (χ0v) is 16.2. The van der Waals surface area contributed by atoms with E-state index in [9.17, 15) is 4.79 Å². The number of hydrogen-bond donors (Lipinski definition) is 0. The minimum atomic E-state index is -0.143. The molecule has 0 radical (unpaired) electrons. The van der Waals surface area contributed by atoms with Gasteiger partial charge >= 0.3 is 0 Å². The quantitative estimate of drug-likeness (QED) is 0.448. The molecule has 0 aliphatic rings. The maximum absolute atomic E-state index is 12.9. The van der Waals surface area contributed by atoms with Crippen LogP contribution in [0.4, 0.5) is 0 Å². The SMILES string of the molecule is Cc1cccc(Cl)c1-n1cnc2nc(SCc3ccccc3)sc2c1=O. The minimum absolute atomic E-state index is 0.143. The molecule has 0 unspecified atom stereocenters. The fourth-order valence-corrected chi connectivity index (χ4v) is 4.95. The molecule has 0 spiro atoms. The number of thioether (sulfide) groups is 1. The van der Waals surface area contributed by atoms with Gasteiger partial charge in [0, 0.05) is 5.75 Å². The number of nitrogens with zero attached hydrogens (tertiary/aromatic N) is 3. The summed E-state index contributed by atoms with van der Waals surface area (Å²) < 4.78 is 2.88. The zero-order valence-electron chi connectivity index (χ0n) is 13.8. The largest absolute Gasteiger partial charge is 0.277 e. The molecule has 0 N–H and O–H groups in total. The van der Waals surface area contributed by atoms with Crippen molar-refractivity contribution in [3.63, 3.8) is 0 Å². The van der Waals surface area contributed by atoms with Gasteiger partial charge in [-0.2, -0.15) is 0 Å². The number of para-hydroxylation sites is 1. The first-order valence-corrected chi connectivity index (χ1v) is 10.1. The van der Waals surface area contributed by atoms with Crippen molar-refractivity contribution in [3.8, 4) is 5.69 Å². The molecule has 0 amide bonds. The molecule has 4 rings (SSSR count). The van der Waals surface area contributed by atoms with Crippen molar-refractivity contribution < 1.29 is 0 Å². The van der Waals surface area contributed by atoms with E-state index in [1.54, 1.807) is 17.8 Å². The molecule has 0 bridgehead atoms. The number of rotatable bonds is 4. The van der Waals surface area contributed by atoms with Gasteiger partial charge in [0.1, 0.15) is 11.0 Å². The normalized spacial score (nSPS) is 11.2. The Labute approximate surface area is 163 Å². The van der Waals surface area contributed by atoms with E-state index in [4.69, 9.17) is 11.6 Å². The molecule has 0 aliphatic heterocycles. The molecule has 2 heterocycles. The lowest BCUT2D eigenvalue weighted by atomic mass is 10.2. The molecule has 7 heteroatoms. The molecule has 0 saturated heterocycles. The standard InChI is InChI=1S/C19H14ClN3OS2/c1-12-6-5-9-14(20)15(12)23-11-21-17-16(18(23)24)26-19(22-17)25-10-13-7-3-2-4-8-13/h2-9,11H,10H2,1H3. The van der Waals surface area contributed by atoms with Gasteiger partial charge in [0.05, 0.1) is 10.7 Å². The first-order valence-electron chi connectivity index (χ1n) is 7.94. The van der Waals surface area contributed by atoms with Crippen molar-refractivity contribution in [1.82, 2.24) is 14.5 Å². The van der Waals surface area contributed by atoms with Crippen LogP contribution < -0.4 is 5.56 Å². The van der Waals surface area contributed by atoms with Gasteiger partial charge in [-0.25, -0.2) is 9.97 Å². The Morgan fingerprint density at radius 3 is 2.73 bits per heavy atom. The molecular formula is C19H14ClN3OS2. The molecule has 0 saturated carbocycles. The Hall–Kier alpha value is -2.15. The molecule has 130 valence electrons. The predicted molar refractivity (Wildman–Crippen MR) is 109 cm³/mol. The van der Waals surface area contributed by atoms with Gasteiger partial charge in [-0.15, -0.1) is 11.3 Å². The second-order valence-electron chi connectivity index (χ2n) is 5.73. The molecule has 2 aromatic carbocycles. The van der Waals surface area contributed by atoms with Crippen LogP contribution in [0.2, 0.25) is 5.02 Å². The summed E-state index contributed by atoms with van der Waals surface area (Å²) in [6, 6.07) is 15.7. The maximum Gasteiger partial charge on any atom is 0.277 e. The average Bonchev–Trinajstić information content (AvgIpc) is 3.07. The highest BCUT2D eigenvalue weighted by molar-refractivity contribution is 8.00. The molecule has 0 atom stereocenters. The Morgan fingerprint density at radius 1 is 1.15 bits per heavy atom. The third-order valence-corrected chi connectivity index (χ3v) is 6.48. The number of fused-ring (bicyclic) bond motifs is 1. The molecule has 4 aromatic rings. The number of aryl methyl sites for hydroxylation is 1. The summed E-state index contributed by atoms with van der Waals surface area (Å²) in [4.78, 5) is 21.8. The molecular weight excluding hydrogens is 386 g/mol. The van der Waals surface area contributed by atoms with E-state index in [2.05, 4.69) is 22.1 Å². The number of hydrogen-bond acceptors (Lipinski definition) is 5. The minimum Gasteiger partial charge on any atom is -0.267 e. The Bertz CT molecular complexity index is 1120. The summed E-state index contributed by atoms with van der Waals surface area (Å²) in [7, 11) is 0. The summed E-state index contributed by atoms with van der Waals surface area (Å²) in [5, 5.41) is 0.524. The molecule has 4 nitrogen and oxygen atoms in total. The Kier molecular flexibility index (Phi) is 4.80. The van der Waals surface area contributed by atoms with Gasteiger partial charge in [0.15, 0.2) is 9.99 Å². The third kappa shape index (κ3) is 3.28. The fraction of sp³-hybridized carbons (Fsp3) is 0.105. The third-order valence-electron chi connectivity index (χ3n) is 3.93. The van der Waals surface area contributed by atoms with Crippen LogP contribution in [0.1, 0.15) is 11.1 Å². The highest BCUT2D eigenvalue weighted by Gasteiger charge is 2.15. The van der Waals surface area contributed by atoms with E-state index in [1.165, 1.54) is 27.8 Å². The van der Waals surface area contributed by atoms with E-state index >= 15 is 0 Å². The van der Waals surface area contributed by atoms with E-state index < -0.39 is 0 Å². The van der Waals surface area contributed by atoms with Gasteiger partial charge in [0.25, 0.3) is 5.56 Å². The second kappa shape index (κ2) is 7.23. The Morgan fingerprint density at radius 2 is 1.96 bits per heavy atom. The van der Waals surface area contributed by atoms with Crippen LogP contribution in [0, 0.1) is 6.92 Å². The van der Waals surface area contributed by atoms with Crippen molar-refractivity contribution in [1.29, 1.82) is 0 Å². The van der Waals surface area contributed by atoms with E-state index in [1.807, 2.05) is 37.3 Å². The average molecular weight is 400 g/mol. The summed E-state index contributed by atoms with van der Waals surface area (Å²) in [6.45, 7) is 1.92. The Balaban J connectivity index is 1.71. The van der Waals surface area contributed by atoms with Gasteiger partial charge in [0.2, 0.25) is 0 Å². The van der Waals surface area contributed by atoms with Crippen molar-refractivity contribution in [2.45, 2.75) is 17.0 Å². The zero-order chi connectivity index (χ0) is 18.1. The monoisotopic (exact) mass is 399 g/mol. The van der Waals surface area contributed by atoms with E-state index in [0.29, 0.717) is 21.1 Å².